The van der Waals surface area contributed by atoms with Crippen molar-refractivity contribution in [3.05, 3.63) is 58.0 Å². The number of anilines is 1. The van der Waals surface area contributed by atoms with Crippen LogP contribution in [0.4, 0.5) is 5.69 Å². The molecule has 1 spiro atoms. The van der Waals surface area contributed by atoms with Gasteiger partial charge in [0.2, 0.25) is 0 Å². The summed E-state index contributed by atoms with van der Waals surface area (Å²) in [5, 5.41) is 59.7. The van der Waals surface area contributed by atoms with Gasteiger partial charge < -0.3 is 54.7 Å². The number of nitrogens with zero attached hydrogens (tertiary/aromatic N) is 3. The van der Waals surface area contributed by atoms with Crippen molar-refractivity contribution in [2.75, 3.05) is 38.7 Å². The number of fused-ring (bicyclic) bond motifs is 1. The van der Waals surface area contributed by atoms with E-state index >= 15 is 0 Å². The van der Waals surface area contributed by atoms with Gasteiger partial charge in [-0.2, -0.15) is 0 Å². The molecule has 16 nitrogen and oxygen atoms in total. The van der Waals surface area contributed by atoms with Crippen LogP contribution in [0.15, 0.2) is 46.1 Å². The number of aliphatic hydroxyl groups is 3. The second-order valence-electron chi connectivity index (χ2n) is 18.0. The fourth-order valence-corrected chi connectivity index (χ4v) is 9.20. The molecule has 4 bridgehead atoms. The van der Waals surface area contributed by atoms with Gasteiger partial charge in [0.05, 0.1) is 40.9 Å². The molecule has 6 N–H and O–H groups in total. The number of benzene rings is 2. The first kappa shape index (κ1) is 46.6. The number of hydrogen-bond acceptors (Lipinski definition) is 15. The number of rotatable bonds is 5. The Morgan fingerprint density at radius 1 is 0.968 bits per heavy atom. The Labute approximate surface area is 361 Å². The van der Waals surface area contributed by atoms with Gasteiger partial charge in [-0.3, -0.25) is 19.6 Å². The number of aliphatic hydroxyl groups excluding tert-OH is 3. The topological polar surface area (TPSA) is 229 Å². The molecule has 0 aromatic heterocycles. The summed E-state index contributed by atoms with van der Waals surface area (Å²) in [7, 11) is 1.43. The van der Waals surface area contributed by atoms with Crippen LogP contribution in [0.1, 0.15) is 84.2 Å². The summed E-state index contributed by atoms with van der Waals surface area (Å²) in [6.45, 7) is 17.0. The van der Waals surface area contributed by atoms with Crippen LogP contribution < -0.4 is 20.8 Å². The normalized spacial score (nSPS) is 32.3. The van der Waals surface area contributed by atoms with Crippen LogP contribution in [-0.4, -0.2) is 117 Å². The summed E-state index contributed by atoms with van der Waals surface area (Å²) in [5.41, 5.74) is -0.660. The Morgan fingerprint density at radius 2 is 1.63 bits per heavy atom. The zero-order valence-corrected chi connectivity index (χ0v) is 37.3. The van der Waals surface area contributed by atoms with Gasteiger partial charge in [0.25, 0.3) is 11.7 Å². The lowest BCUT2D eigenvalue weighted by Crippen LogP contribution is -2.47. The van der Waals surface area contributed by atoms with Crippen molar-refractivity contribution < 1.29 is 58.9 Å². The quantitative estimate of drug-likeness (QED) is 0.186. The van der Waals surface area contributed by atoms with Crippen molar-refractivity contribution in [1.82, 2.24) is 4.90 Å². The van der Waals surface area contributed by atoms with Crippen LogP contribution >= 0.6 is 0 Å². The molecule has 0 saturated carbocycles. The first-order chi connectivity index (χ1) is 29.2. The third-order valence-electron chi connectivity index (χ3n) is 13.0. The summed E-state index contributed by atoms with van der Waals surface area (Å²) in [6.07, 6.45) is 4.48. The SMILES string of the molecule is CO[C@H]1/C=C/O[C@@]2(C)Oc3c(C)c(O)c4c(O)c(c5c(c4c3C2=O)=NC2(CCN(CC(C)C)CC2)N=5)NC(=O)/C(C)=C\C=C\[C@H](C)[C@H](O)[C@@H](C)[C@@H](O)[C@@H](C)[C@H](OC(=O)CO)[C@@H]1C. The zero-order chi connectivity index (χ0) is 45.6. The number of methoxy groups -OCH3 is 1. The maximum Gasteiger partial charge on any atom is 0.332 e. The average molecular weight is 863 g/mol. The lowest BCUT2D eigenvalue weighted by Gasteiger charge is -2.38. The van der Waals surface area contributed by atoms with Gasteiger partial charge in [-0.25, -0.2) is 4.79 Å². The van der Waals surface area contributed by atoms with Gasteiger partial charge in [0.15, 0.2) is 11.4 Å². The number of aromatic hydroxyl groups is 2. The van der Waals surface area contributed by atoms with E-state index in [1.807, 2.05) is 0 Å². The molecule has 0 aliphatic carbocycles. The molecule has 2 aromatic carbocycles. The van der Waals surface area contributed by atoms with Gasteiger partial charge in [0, 0.05) is 86.7 Å². The Balaban J connectivity index is 1.54. The number of likely N-dealkylation sites (tertiary alicyclic amines) is 1. The zero-order valence-electron chi connectivity index (χ0n) is 37.3. The van der Waals surface area contributed by atoms with Crippen LogP contribution in [0.5, 0.6) is 17.2 Å². The molecule has 1 saturated heterocycles. The van der Waals surface area contributed by atoms with E-state index in [1.165, 1.54) is 33.3 Å². The molecule has 4 aliphatic rings. The third-order valence-corrected chi connectivity index (χ3v) is 13.0. The monoisotopic (exact) mass is 862 g/mol. The van der Waals surface area contributed by atoms with E-state index in [4.69, 9.17) is 28.9 Å². The highest BCUT2D eigenvalue weighted by Crippen LogP contribution is 2.50. The third kappa shape index (κ3) is 8.59. The van der Waals surface area contributed by atoms with E-state index in [0.717, 1.165) is 6.54 Å². The number of amides is 1. The van der Waals surface area contributed by atoms with Crippen molar-refractivity contribution in [2.24, 2.45) is 39.6 Å². The number of phenolic OH excluding ortho intramolecular Hbond substituents is 2. The van der Waals surface area contributed by atoms with Crippen molar-refractivity contribution in [3.8, 4) is 17.2 Å². The smallest absolute Gasteiger partial charge is 0.332 e. The molecular formula is C46H62N4O12. The summed E-state index contributed by atoms with van der Waals surface area (Å²) in [5.74, 6) is -7.26. The van der Waals surface area contributed by atoms with Crippen molar-refractivity contribution in [1.29, 1.82) is 0 Å². The molecule has 4 heterocycles. The van der Waals surface area contributed by atoms with Gasteiger partial charge in [-0.05, 0) is 25.8 Å². The Bertz CT molecular complexity index is 2320. The van der Waals surface area contributed by atoms with Crippen LogP contribution in [0, 0.1) is 36.5 Å². The van der Waals surface area contributed by atoms with E-state index in [-0.39, 0.29) is 55.4 Å². The summed E-state index contributed by atoms with van der Waals surface area (Å²) in [6, 6.07) is 0. The van der Waals surface area contributed by atoms with Crippen molar-refractivity contribution in [2.45, 2.75) is 111 Å². The molecule has 0 radical (unpaired) electrons. The van der Waals surface area contributed by atoms with E-state index in [0.29, 0.717) is 31.8 Å². The summed E-state index contributed by atoms with van der Waals surface area (Å²) < 4.78 is 23.8. The lowest BCUT2D eigenvalue weighted by atomic mass is 9.78. The van der Waals surface area contributed by atoms with E-state index < -0.39 is 89.6 Å². The number of carbonyl (C=O) groups excluding carboxylic acids is 3. The molecule has 4 aliphatic heterocycles. The van der Waals surface area contributed by atoms with Crippen LogP contribution in [0.2, 0.25) is 0 Å². The van der Waals surface area contributed by atoms with Crippen LogP contribution in [0.25, 0.3) is 10.8 Å². The van der Waals surface area contributed by atoms with Gasteiger partial charge >= 0.3 is 11.8 Å². The maximum absolute atomic E-state index is 14.7. The minimum Gasteiger partial charge on any atom is -0.507 e. The second kappa shape index (κ2) is 18.1. The highest BCUT2D eigenvalue weighted by atomic mass is 16.7. The van der Waals surface area contributed by atoms with Gasteiger partial charge in [-0.1, -0.05) is 59.8 Å². The molecule has 16 heteroatoms. The number of ether oxygens (including phenoxy) is 4. The predicted octanol–water partition coefficient (Wildman–Crippen LogP) is 3.72. The maximum atomic E-state index is 14.7. The highest BCUT2D eigenvalue weighted by molar-refractivity contribution is 6.19. The molecule has 6 rings (SSSR count). The van der Waals surface area contributed by atoms with Crippen molar-refractivity contribution >= 4 is 34.1 Å². The minimum absolute atomic E-state index is 0.0143. The van der Waals surface area contributed by atoms with E-state index in [1.54, 1.807) is 52.8 Å². The standard InChI is InChI=1S/C46H62N4O12/c1-22(2)20-50-17-15-46(16-18-50)48-34-31-32-39(55)28(8)42-33(31)43(57)45(9,62-42)60-19-14-29(59-10)25(5)41(61-30(52)21-51)27(7)38(54)26(6)37(53)23(3)12-11-13-24(4)44(58)47-36(40(32)56)35(34)49-46/h11-14,19,22-23,25-27,29,37-38,41,51,53-56H,15-18,20-21H2,1-10H3,(H,47,58)/b12-11+,19-14+,24-13-/t23-,25+,26+,27+,29-,37-,38+,41+,45-/m0/s1. The lowest BCUT2D eigenvalue weighted by molar-refractivity contribution is -0.166. The summed E-state index contributed by atoms with van der Waals surface area (Å²) in [4.78, 5) is 53.8. The number of nitrogens with one attached hydrogen (secondary N) is 1. The average Bonchev–Trinajstić information content (AvgIpc) is 3.74. The molecule has 0 unspecified atom stereocenters. The largest absolute Gasteiger partial charge is 0.507 e. The first-order valence-corrected chi connectivity index (χ1v) is 21.4. The molecular weight excluding hydrogens is 801 g/mol. The molecule has 9 atom stereocenters. The van der Waals surface area contributed by atoms with E-state index in [2.05, 4.69) is 24.1 Å². The Hall–Kier alpha value is -4.87. The van der Waals surface area contributed by atoms with Crippen molar-refractivity contribution in [3.63, 3.8) is 0 Å². The Kier molecular flexibility index (Phi) is 13.6. The summed E-state index contributed by atoms with van der Waals surface area (Å²) >= 11 is 0. The van der Waals surface area contributed by atoms with Gasteiger partial charge in [-0.15, -0.1) is 0 Å². The molecule has 338 valence electrons. The number of Topliss-reactive ketones (excluding diaryl/α,β-unsaturated/α-hetero) is 1. The number of piperidine rings is 1. The number of esters is 1. The predicted molar refractivity (Wildman–Crippen MR) is 229 cm³/mol. The second-order valence-corrected chi connectivity index (χ2v) is 18.0. The molecule has 1 amide bonds. The number of ketones is 1. The fourth-order valence-electron chi connectivity index (χ4n) is 9.20. The first-order valence-electron chi connectivity index (χ1n) is 21.4. The highest BCUT2D eigenvalue weighted by Gasteiger charge is 2.50. The minimum atomic E-state index is -1.99. The molecule has 2 aromatic rings. The number of phenols is 2. The molecule has 1 fully saturated rings. The number of allylic oxidation sites excluding steroid dienone is 2. The number of carbonyl (C=O) groups is 3. The fraction of sp³-hybridized carbons (Fsp3) is 0.587. The van der Waals surface area contributed by atoms with Gasteiger partial charge in [0.1, 0.15) is 35.3 Å². The van der Waals surface area contributed by atoms with Crippen LogP contribution in [0.3, 0.4) is 0 Å². The van der Waals surface area contributed by atoms with E-state index in [9.17, 15) is 39.9 Å². The Morgan fingerprint density at radius 3 is 2.26 bits per heavy atom. The number of hydrogen-bond donors (Lipinski definition) is 6. The molecule has 62 heavy (non-hydrogen) atoms. The van der Waals surface area contributed by atoms with Crippen LogP contribution in [-0.2, 0) is 23.8 Å².